The van der Waals surface area contributed by atoms with Gasteiger partial charge in [0.15, 0.2) is 11.5 Å². The van der Waals surface area contributed by atoms with Crippen molar-refractivity contribution in [2.45, 2.75) is 96.6 Å². The van der Waals surface area contributed by atoms with Crippen LogP contribution in [0.5, 0.6) is 11.5 Å². The second kappa shape index (κ2) is 15.2. The molecule has 7 nitrogen and oxygen atoms in total. The summed E-state index contributed by atoms with van der Waals surface area (Å²) in [5.41, 5.74) is 13.3. The van der Waals surface area contributed by atoms with E-state index in [2.05, 4.69) is 72.5 Å². The number of phenolic OH excluding ortho intramolecular Hbond substituents is 1. The van der Waals surface area contributed by atoms with E-state index in [1.165, 1.54) is 22.1 Å². The van der Waals surface area contributed by atoms with E-state index in [9.17, 15) is 10.2 Å². The first-order valence-electron chi connectivity index (χ1n) is 17.3. The van der Waals surface area contributed by atoms with Gasteiger partial charge in [-0.1, -0.05) is 81.7 Å². The number of ether oxygens (including phenoxy) is 2. The van der Waals surface area contributed by atoms with Crippen LogP contribution in [0, 0.1) is 0 Å². The lowest BCUT2D eigenvalue weighted by molar-refractivity contribution is 0.0172. The molecule has 248 valence electrons. The van der Waals surface area contributed by atoms with Gasteiger partial charge in [-0.2, -0.15) is 0 Å². The predicted molar refractivity (Wildman–Crippen MR) is 189 cm³/mol. The minimum Gasteiger partial charge on any atom is -0.504 e. The summed E-state index contributed by atoms with van der Waals surface area (Å²) in [6.07, 6.45) is 15.3. The first kappa shape index (κ1) is 32.9. The molecule has 4 aromatic rings. The number of aliphatic hydroxyl groups excluding tert-OH is 1. The highest BCUT2D eigenvalue weighted by molar-refractivity contribution is 5.91. The van der Waals surface area contributed by atoms with Crippen LogP contribution in [0.15, 0.2) is 84.7 Å². The van der Waals surface area contributed by atoms with Crippen LogP contribution in [-0.4, -0.2) is 39.8 Å². The number of fused-ring (bicyclic) bond motifs is 4. The molecule has 0 radical (unpaired) electrons. The summed E-state index contributed by atoms with van der Waals surface area (Å²) in [6, 6.07) is 18.3. The van der Waals surface area contributed by atoms with Crippen LogP contribution in [0.3, 0.4) is 0 Å². The van der Waals surface area contributed by atoms with Gasteiger partial charge in [-0.3, -0.25) is 0 Å². The van der Waals surface area contributed by atoms with E-state index in [0.717, 1.165) is 66.4 Å². The maximum absolute atomic E-state index is 11.1. The van der Waals surface area contributed by atoms with Crippen LogP contribution < -0.4 is 15.8 Å². The lowest BCUT2D eigenvalue weighted by Gasteiger charge is -2.26. The SMILES string of the molecule is CCCCCC1CC(O)CCc2ccc(O)c(c2)OCc2cc(Cc3ccccc3)c(CC)c3cn(cc23)C2=C(C=CC(N)N2)CO1. The molecule has 3 atom stereocenters. The van der Waals surface area contributed by atoms with Crippen LogP contribution in [-0.2, 0) is 30.6 Å². The number of aliphatic hydroxyl groups is 1. The number of nitrogens with two attached hydrogens (primary N) is 1. The third-order valence-corrected chi connectivity index (χ3v) is 9.51. The fourth-order valence-electron chi connectivity index (χ4n) is 6.93. The summed E-state index contributed by atoms with van der Waals surface area (Å²) >= 11 is 0. The highest BCUT2D eigenvalue weighted by Crippen LogP contribution is 2.34. The molecular weight excluding hydrogens is 586 g/mol. The highest BCUT2D eigenvalue weighted by atomic mass is 16.5. The number of unbranched alkanes of at least 4 members (excludes halogenated alkanes) is 2. The number of rotatable bonds is 7. The van der Waals surface area contributed by atoms with E-state index >= 15 is 0 Å². The van der Waals surface area contributed by atoms with Crippen LogP contribution in [0.2, 0.25) is 0 Å². The van der Waals surface area contributed by atoms with Gasteiger partial charge in [-0.15, -0.1) is 0 Å². The molecule has 0 saturated carbocycles. The summed E-state index contributed by atoms with van der Waals surface area (Å²) in [5, 5.41) is 27.6. The van der Waals surface area contributed by atoms with Crippen LogP contribution >= 0.6 is 0 Å². The average Bonchev–Trinajstić information content (AvgIpc) is 3.52. The van der Waals surface area contributed by atoms with Gasteiger partial charge in [-0.05, 0) is 84.6 Å². The fourth-order valence-corrected chi connectivity index (χ4v) is 6.93. The number of nitrogens with zero attached hydrogens (tertiary/aromatic N) is 1. The Morgan fingerprint density at radius 1 is 1.00 bits per heavy atom. The lowest BCUT2D eigenvalue weighted by atomic mass is 9.92. The number of hydrogen-bond donors (Lipinski definition) is 4. The van der Waals surface area contributed by atoms with E-state index in [1.54, 1.807) is 6.07 Å². The van der Waals surface area contributed by atoms with Crippen molar-refractivity contribution in [1.29, 1.82) is 0 Å². The molecule has 3 unspecified atom stereocenters. The molecule has 0 aliphatic carbocycles. The Morgan fingerprint density at radius 3 is 2.64 bits per heavy atom. The van der Waals surface area contributed by atoms with Gasteiger partial charge in [0.1, 0.15) is 12.4 Å². The molecule has 0 fully saturated rings. The minimum atomic E-state index is -0.500. The van der Waals surface area contributed by atoms with Crippen LogP contribution in [0.1, 0.15) is 80.2 Å². The Balaban J connectivity index is 1.47. The smallest absolute Gasteiger partial charge is 0.161 e. The minimum absolute atomic E-state index is 0.0607. The first-order valence-corrected chi connectivity index (χ1v) is 17.3. The number of nitrogens with one attached hydrogen (secondary N) is 1. The zero-order chi connectivity index (χ0) is 32.8. The molecule has 3 aromatic carbocycles. The molecule has 0 saturated heterocycles. The summed E-state index contributed by atoms with van der Waals surface area (Å²) < 4.78 is 15.1. The number of hydrogen-bond acceptors (Lipinski definition) is 6. The van der Waals surface area contributed by atoms with Crippen molar-refractivity contribution in [3.8, 4) is 11.5 Å². The maximum Gasteiger partial charge on any atom is 0.161 e. The standard InChI is InChI=1S/C40H49N3O4/c1-3-5-7-12-33-22-32(44)16-13-28-14-17-37(45)38(20-28)47-26-31-21-30(19-27-10-8-6-9-11-27)34(4-2)36-24-43(23-35(31)36)40-29(25-46-33)15-18-39(41)42-40/h6,8-11,14-15,17-18,20-21,23-24,32-33,39,42,44-45H,3-5,7,12-13,16,19,22,25-26,41H2,1-2H3. The largest absolute Gasteiger partial charge is 0.504 e. The fraction of sp³-hybridized carbons (Fsp3) is 0.400. The van der Waals surface area contributed by atoms with Crippen molar-refractivity contribution >= 4 is 16.6 Å². The molecule has 7 heteroatoms. The highest BCUT2D eigenvalue weighted by Gasteiger charge is 2.22. The van der Waals surface area contributed by atoms with E-state index < -0.39 is 6.10 Å². The van der Waals surface area contributed by atoms with Gasteiger partial charge in [0, 0.05) is 28.7 Å². The second-order valence-corrected chi connectivity index (χ2v) is 13.0. The van der Waals surface area contributed by atoms with Crippen molar-refractivity contribution in [3.05, 3.63) is 113 Å². The third-order valence-electron chi connectivity index (χ3n) is 9.51. The van der Waals surface area contributed by atoms with Crippen molar-refractivity contribution in [2.75, 3.05) is 6.61 Å². The Bertz CT molecular complexity index is 1720. The van der Waals surface area contributed by atoms with Gasteiger partial charge >= 0.3 is 0 Å². The molecule has 0 spiro atoms. The van der Waals surface area contributed by atoms with E-state index in [-0.39, 0.29) is 18.0 Å². The van der Waals surface area contributed by atoms with Gasteiger partial charge in [0.25, 0.3) is 0 Å². The van der Waals surface area contributed by atoms with Gasteiger partial charge < -0.3 is 35.3 Å². The Labute approximate surface area is 278 Å². The quantitative estimate of drug-likeness (QED) is 0.158. The Morgan fingerprint density at radius 2 is 1.83 bits per heavy atom. The number of aryl methyl sites for hydroxylation is 2. The van der Waals surface area contributed by atoms with Gasteiger partial charge in [0.2, 0.25) is 0 Å². The van der Waals surface area contributed by atoms with E-state index in [1.807, 2.05) is 24.3 Å². The van der Waals surface area contributed by atoms with Crippen molar-refractivity contribution in [1.82, 2.24) is 9.88 Å². The van der Waals surface area contributed by atoms with E-state index in [0.29, 0.717) is 38.2 Å². The van der Waals surface area contributed by atoms with Crippen LogP contribution in [0.4, 0.5) is 0 Å². The normalized spacial score (nSPS) is 20.4. The van der Waals surface area contributed by atoms with E-state index in [4.69, 9.17) is 15.2 Å². The first-order chi connectivity index (χ1) is 22.9. The molecule has 6 rings (SSSR count). The Hall–Kier alpha value is -4.04. The maximum atomic E-state index is 11.1. The number of phenols is 1. The molecule has 5 N–H and O–H groups in total. The summed E-state index contributed by atoms with van der Waals surface area (Å²) in [4.78, 5) is 0. The summed E-state index contributed by atoms with van der Waals surface area (Å²) in [7, 11) is 0. The molecule has 0 amide bonds. The van der Waals surface area contributed by atoms with Crippen molar-refractivity contribution in [2.24, 2.45) is 5.73 Å². The number of aromatic hydroxyl groups is 1. The molecule has 47 heavy (non-hydrogen) atoms. The second-order valence-electron chi connectivity index (χ2n) is 13.0. The molecule has 3 heterocycles. The zero-order valence-electron chi connectivity index (χ0n) is 27.8. The monoisotopic (exact) mass is 635 g/mol. The molecule has 2 aliphatic rings. The lowest BCUT2D eigenvalue weighted by Crippen LogP contribution is -2.38. The zero-order valence-corrected chi connectivity index (χ0v) is 27.8. The number of dihydropyridines is 1. The van der Waals surface area contributed by atoms with Gasteiger partial charge in [-0.25, -0.2) is 0 Å². The predicted octanol–water partition coefficient (Wildman–Crippen LogP) is 7.35. The molecule has 1 aromatic heterocycles. The number of aromatic nitrogens is 1. The van der Waals surface area contributed by atoms with Gasteiger partial charge in [0.05, 0.1) is 25.0 Å². The third kappa shape index (κ3) is 7.92. The van der Waals surface area contributed by atoms with Crippen molar-refractivity contribution < 1.29 is 19.7 Å². The average molecular weight is 636 g/mol. The molecule has 4 bridgehead atoms. The molecular formula is C40H49N3O4. The summed E-state index contributed by atoms with van der Waals surface area (Å²) in [6.45, 7) is 5.13. The number of benzene rings is 3. The van der Waals surface area contributed by atoms with Crippen LogP contribution in [0.25, 0.3) is 16.6 Å². The molecule has 2 aliphatic heterocycles. The topological polar surface area (TPSA) is 102 Å². The Kier molecular flexibility index (Phi) is 10.7. The summed E-state index contributed by atoms with van der Waals surface area (Å²) in [5.74, 6) is 1.46. The van der Waals surface area contributed by atoms with Crippen molar-refractivity contribution in [3.63, 3.8) is 0 Å².